The minimum absolute atomic E-state index is 0.0668. The third-order valence-electron chi connectivity index (χ3n) is 7.17. The Bertz CT molecular complexity index is 2140. The first-order valence-corrected chi connectivity index (χ1v) is 16.7. The highest BCUT2D eigenvalue weighted by atomic mass is 35.5. The van der Waals surface area contributed by atoms with Gasteiger partial charge < -0.3 is 10.1 Å². The van der Waals surface area contributed by atoms with E-state index in [1.54, 1.807) is 41.1 Å². The lowest BCUT2D eigenvalue weighted by atomic mass is 10.1. The number of anilines is 2. The van der Waals surface area contributed by atoms with Gasteiger partial charge in [-0.1, -0.05) is 65.7 Å². The van der Waals surface area contributed by atoms with Crippen molar-refractivity contribution in [2.45, 2.75) is 18.4 Å². The van der Waals surface area contributed by atoms with Crippen LogP contribution in [0.2, 0.25) is 10.0 Å². The van der Waals surface area contributed by atoms with E-state index in [1.165, 1.54) is 31.2 Å². The van der Waals surface area contributed by atoms with Crippen molar-refractivity contribution in [1.29, 1.82) is 0 Å². The van der Waals surface area contributed by atoms with Crippen LogP contribution >= 0.6 is 23.2 Å². The summed E-state index contributed by atoms with van der Waals surface area (Å²) in [4.78, 5) is 11.3. The molecule has 1 aromatic heterocycles. The average molecular weight is 684 g/mol. The second-order valence-electron chi connectivity index (χ2n) is 10.6. The van der Waals surface area contributed by atoms with Crippen LogP contribution in [0.4, 0.5) is 11.4 Å². The first kappa shape index (κ1) is 31.9. The van der Waals surface area contributed by atoms with Crippen LogP contribution in [0.5, 0.6) is 5.75 Å². The van der Waals surface area contributed by atoms with Gasteiger partial charge in [0.25, 0.3) is 10.0 Å². The molecule has 8 nitrogen and oxygen atoms in total. The Balaban J connectivity index is 1.26. The Hall–Kier alpha value is -5.09. The summed E-state index contributed by atoms with van der Waals surface area (Å²) in [5.41, 5.74) is 5.84. The number of carbonyl (C=O) groups is 1. The number of hydrogen-bond donors (Lipinski definition) is 2. The van der Waals surface area contributed by atoms with Gasteiger partial charge in [0.15, 0.2) is 0 Å². The normalized spacial score (nSPS) is 11.2. The fourth-order valence-corrected chi connectivity index (χ4v) is 6.20. The van der Waals surface area contributed by atoms with Crippen LogP contribution in [0.1, 0.15) is 12.5 Å². The molecule has 5 aromatic carbocycles. The second kappa shape index (κ2) is 13.7. The van der Waals surface area contributed by atoms with E-state index in [4.69, 9.17) is 33.0 Å². The zero-order valence-electron chi connectivity index (χ0n) is 25.0. The van der Waals surface area contributed by atoms with Crippen molar-refractivity contribution >= 4 is 50.5 Å². The number of nitrogens with zero attached hydrogens (tertiary/aromatic N) is 2. The Morgan fingerprint density at radius 3 is 2.09 bits per heavy atom. The molecule has 0 aliphatic heterocycles. The fourth-order valence-electron chi connectivity index (χ4n) is 4.85. The van der Waals surface area contributed by atoms with E-state index in [-0.39, 0.29) is 10.8 Å². The zero-order valence-corrected chi connectivity index (χ0v) is 27.4. The van der Waals surface area contributed by atoms with Crippen LogP contribution in [0, 0.1) is 0 Å². The molecular formula is C36H28Cl2N4O4S. The standard InChI is InChI=1S/C36H28Cl2N4O4S/c1-24(43)39-28-13-18-32(19-14-28)47(44,45)41-29-11-7-26(8-12-29)35-22-36(42(40-35)30-15-20-33(37)34(38)21-30)27-9-16-31(17-10-27)46-23-25-5-3-2-4-6-25/h2-22,41H,23H2,1H3,(H,39,43). The first-order valence-electron chi connectivity index (χ1n) is 14.5. The molecule has 0 spiro atoms. The number of halogens is 2. The number of ether oxygens (including phenoxy) is 1. The van der Waals surface area contributed by atoms with Crippen molar-refractivity contribution < 1.29 is 17.9 Å². The van der Waals surface area contributed by atoms with Gasteiger partial charge in [-0.25, -0.2) is 13.1 Å². The Labute approximate surface area is 282 Å². The quantitative estimate of drug-likeness (QED) is 0.150. The molecule has 0 aliphatic carbocycles. The van der Waals surface area contributed by atoms with E-state index in [2.05, 4.69) is 10.0 Å². The summed E-state index contributed by atoms with van der Waals surface area (Å²) in [5, 5.41) is 8.35. The molecule has 236 valence electrons. The molecule has 2 N–H and O–H groups in total. The molecule has 0 saturated heterocycles. The molecule has 1 heterocycles. The summed E-state index contributed by atoms with van der Waals surface area (Å²) in [7, 11) is -3.86. The van der Waals surface area contributed by atoms with Gasteiger partial charge >= 0.3 is 0 Å². The third kappa shape index (κ3) is 7.66. The molecule has 0 bridgehead atoms. The highest BCUT2D eigenvalue weighted by molar-refractivity contribution is 7.92. The van der Waals surface area contributed by atoms with Gasteiger partial charge in [-0.15, -0.1) is 0 Å². The number of benzene rings is 5. The predicted molar refractivity (Wildman–Crippen MR) is 187 cm³/mol. The molecule has 0 saturated carbocycles. The Morgan fingerprint density at radius 1 is 0.766 bits per heavy atom. The number of amides is 1. The van der Waals surface area contributed by atoms with Gasteiger partial charge in [-0.05, 0) is 90.5 Å². The van der Waals surface area contributed by atoms with Gasteiger partial charge in [-0.2, -0.15) is 5.10 Å². The third-order valence-corrected chi connectivity index (χ3v) is 9.31. The number of carbonyl (C=O) groups excluding carboxylic acids is 1. The summed E-state index contributed by atoms with van der Waals surface area (Å²) in [6, 6.07) is 37.9. The van der Waals surface area contributed by atoms with Crippen molar-refractivity contribution in [3.05, 3.63) is 143 Å². The summed E-state index contributed by atoms with van der Waals surface area (Å²) in [6.07, 6.45) is 0. The van der Waals surface area contributed by atoms with Crippen molar-refractivity contribution in [2.24, 2.45) is 0 Å². The minimum atomic E-state index is -3.86. The van der Waals surface area contributed by atoms with Gasteiger partial charge in [0, 0.05) is 29.4 Å². The van der Waals surface area contributed by atoms with Gasteiger partial charge in [0.1, 0.15) is 12.4 Å². The van der Waals surface area contributed by atoms with E-state index in [1.807, 2.05) is 66.7 Å². The van der Waals surface area contributed by atoms with Gasteiger partial charge in [0.05, 0.1) is 32.0 Å². The number of nitrogens with one attached hydrogen (secondary N) is 2. The van der Waals surface area contributed by atoms with Gasteiger partial charge in [-0.3, -0.25) is 9.52 Å². The van der Waals surface area contributed by atoms with Crippen LogP contribution in [0.15, 0.2) is 132 Å². The number of hydrogen-bond acceptors (Lipinski definition) is 5. The highest BCUT2D eigenvalue weighted by Gasteiger charge is 2.17. The van der Waals surface area contributed by atoms with E-state index in [9.17, 15) is 13.2 Å². The van der Waals surface area contributed by atoms with Crippen molar-refractivity contribution in [3.8, 4) is 34.0 Å². The molecule has 47 heavy (non-hydrogen) atoms. The van der Waals surface area contributed by atoms with Crippen LogP contribution in [0.3, 0.4) is 0 Å². The number of aromatic nitrogens is 2. The van der Waals surface area contributed by atoms with Gasteiger partial charge in [0.2, 0.25) is 5.91 Å². The lowest BCUT2D eigenvalue weighted by Gasteiger charge is -2.10. The monoisotopic (exact) mass is 682 g/mol. The van der Waals surface area contributed by atoms with Crippen molar-refractivity contribution in [1.82, 2.24) is 9.78 Å². The SMILES string of the molecule is CC(=O)Nc1ccc(S(=O)(=O)Nc2ccc(-c3cc(-c4ccc(OCc5ccccc5)cc4)n(-c4ccc(Cl)c(Cl)c4)n3)cc2)cc1. The van der Waals surface area contributed by atoms with E-state index < -0.39 is 10.0 Å². The molecule has 6 rings (SSSR count). The smallest absolute Gasteiger partial charge is 0.261 e. The van der Waals surface area contributed by atoms with E-state index in [0.29, 0.717) is 33.7 Å². The van der Waals surface area contributed by atoms with Crippen molar-refractivity contribution in [2.75, 3.05) is 10.0 Å². The van der Waals surface area contributed by atoms with Crippen LogP contribution < -0.4 is 14.8 Å². The number of rotatable bonds is 10. The summed E-state index contributed by atoms with van der Waals surface area (Å²) in [5.74, 6) is 0.495. The topological polar surface area (TPSA) is 102 Å². The van der Waals surface area contributed by atoms with E-state index >= 15 is 0 Å². The maximum Gasteiger partial charge on any atom is 0.261 e. The molecule has 1 amide bonds. The molecule has 0 unspecified atom stereocenters. The predicted octanol–water partition coefficient (Wildman–Crippen LogP) is 8.85. The van der Waals surface area contributed by atoms with Crippen LogP contribution in [0.25, 0.3) is 28.2 Å². The zero-order chi connectivity index (χ0) is 33.0. The lowest BCUT2D eigenvalue weighted by Crippen LogP contribution is -2.13. The fraction of sp³-hybridized carbons (Fsp3) is 0.0556. The molecule has 0 fully saturated rings. The Kier molecular flexibility index (Phi) is 9.31. The molecular weight excluding hydrogens is 655 g/mol. The first-order chi connectivity index (χ1) is 22.6. The maximum atomic E-state index is 13.0. The largest absolute Gasteiger partial charge is 0.489 e. The lowest BCUT2D eigenvalue weighted by molar-refractivity contribution is -0.114. The second-order valence-corrected chi connectivity index (χ2v) is 13.1. The molecule has 0 atom stereocenters. The van der Waals surface area contributed by atoms with Crippen LogP contribution in [-0.2, 0) is 21.4 Å². The molecule has 0 radical (unpaired) electrons. The molecule has 6 aromatic rings. The van der Waals surface area contributed by atoms with Crippen molar-refractivity contribution in [3.63, 3.8) is 0 Å². The maximum absolute atomic E-state index is 13.0. The summed E-state index contributed by atoms with van der Waals surface area (Å²) >= 11 is 12.6. The summed E-state index contributed by atoms with van der Waals surface area (Å²) < 4.78 is 36.4. The minimum Gasteiger partial charge on any atom is -0.489 e. The highest BCUT2D eigenvalue weighted by Crippen LogP contribution is 2.33. The number of sulfonamides is 1. The van der Waals surface area contributed by atoms with E-state index in [0.717, 1.165) is 33.8 Å². The Morgan fingerprint density at radius 2 is 1.43 bits per heavy atom. The average Bonchev–Trinajstić information content (AvgIpc) is 3.51. The molecule has 0 aliphatic rings. The molecule has 11 heteroatoms. The van der Waals surface area contributed by atoms with Crippen LogP contribution in [-0.4, -0.2) is 24.1 Å². The summed E-state index contributed by atoms with van der Waals surface area (Å²) in [6.45, 7) is 1.85.